The number of ether oxygens (including phenoxy) is 3. The Morgan fingerprint density at radius 2 is 1.13 bits per heavy atom. The monoisotopic (exact) mass is 1120 g/mol. The standard InChI is InChI=1S/C30H44FNO7.C29H39FO7.CH5N.CH4/c1-18-13-23-22-10-9-19-14-20(33)11-12-27(19,2)29(22,31)24(35)15-28(23,3)30(18,38)25(36)17-39-26(37)8-6-5-7-21(34)16-32-4;1-17-12-22-21-9-8-18-13-19(31)10-11-26(18,2)28(21,30)23(32)14-27(22,3)29(17,35)24(33)16-37-25(34)7-5-4-6-20-15-36-20;1-2;/h11-12,14,18,21-24,32,34-35,38H,5-10,13,15-17H2,1-4H3;10-11,13,17,20-23,32,35H,4-9,12,14-16H2,1-3H3;2H2,1H3;1H4/p+1/t18-,21?,22+,23+,24+,27+,28+,29+,30+;17-,20?,21+,22+,23+,26+,27+,28+,29+;;/m11../s1. The predicted octanol–water partition coefficient (Wildman–Crippen LogP) is 5.18. The smallest absolute Gasteiger partial charge is 0.306 e. The molecule has 0 aromatic carbocycles. The number of hydrogen-bond donors (Lipinski definition) is 7. The van der Waals surface area contributed by atoms with Crippen LogP contribution in [0, 0.1) is 57.2 Å². The van der Waals surface area contributed by atoms with Gasteiger partial charge in [-0.25, -0.2) is 8.78 Å². The minimum absolute atomic E-state index is 0. The molecule has 8 aliphatic carbocycles. The van der Waals surface area contributed by atoms with E-state index in [9.17, 15) is 54.3 Å². The molecule has 18 heteroatoms. The minimum Gasteiger partial charge on any atom is -0.458 e. The van der Waals surface area contributed by atoms with Crippen LogP contribution in [0.5, 0.6) is 0 Å². The lowest BCUT2D eigenvalue weighted by molar-refractivity contribution is -0.633. The molecule has 2 unspecified atom stereocenters. The highest BCUT2D eigenvalue weighted by Gasteiger charge is 2.77. The van der Waals surface area contributed by atoms with Crippen LogP contribution < -0.4 is 11.1 Å². The lowest BCUT2D eigenvalue weighted by Crippen LogP contribution is -2.82. The van der Waals surface area contributed by atoms with Crippen LogP contribution in [0.4, 0.5) is 8.78 Å². The highest BCUT2D eigenvalue weighted by atomic mass is 19.1. The highest BCUT2D eigenvalue weighted by molar-refractivity contribution is 6.02. The maximum Gasteiger partial charge on any atom is 0.306 e. The average Bonchev–Trinajstić information content (AvgIpc) is 4.21. The van der Waals surface area contributed by atoms with Crippen molar-refractivity contribution >= 4 is 35.1 Å². The van der Waals surface area contributed by atoms with Crippen molar-refractivity contribution in [3.63, 3.8) is 0 Å². The Hall–Kier alpha value is -3.88. The largest absolute Gasteiger partial charge is 0.458 e. The number of aliphatic hydroxyl groups is 5. The second-order valence-electron chi connectivity index (χ2n) is 25.2. The molecule has 9 rings (SSSR count). The Kier molecular flexibility index (Phi) is 19.6. The number of esters is 2. The van der Waals surface area contributed by atoms with Gasteiger partial charge < -0.3 is 50.8 Å². The quantitative estimate of drug-likeness (QED) is 0.0529. The number of alkyl halides is 2. The van der Waals surface area contributed by atoms with E-state index in [1.165, 1.54) is 31.4 Å². The summed E-state index contributed by atoms with van der Waals surface area (Å²) in [5.74, 6) is -5.53. The molecule has 1 saturated heterocycles. The summed E-state index contributed by atoms with van der Waals surface area (Å²) in [4.78, 5) is 75.5. The molecule has 444 valence electrons. The van der Waals surface area contributed by atoms with Crippen LogP contribution in [0.15, 0.2) is 47.6 Å². The van der Waals surface area contributed by atoms with Gasteiger partial charge in [-0.3, -0.25) is 28.8 Å². The topological polar surface area (TPSA) is 277 Å². The summed E-state index contributed by atoms with van der Waals surface area (Å²) in [6.45, 7) is 10.8. The minimum atomic E-state index is -2.04. The number of carbonyl (C=O) groups excluding carboxylic acids is 6. The van der Waals surface area contributed by atoms with Gasteiger partial charge in [0.15, 0.2) is 36.1 Å². The molecule has 0 bridgehead atoms. The van der Waals surface area contributed by atoms with Gasteiger partial charge in [0.25, 0.3) is 0 Å². The van der Waals surface area contributed by atoms with E-state index in [0.717, 1.165) is 19.4 Å². The molecule has 1 aliphatic heterocycles. The third kappa shape index (κ3) is 10.7. The molecule has 1 heterocycles. The average molecular weight is 1120 g/mol. The van der Waals surface area contributed by atoms with Gasteiger partial charge in [0.05, 0.1) is 32.0 Å². The van der Waals surface area contributed by atoms with Crippen molar-refractivity contribution in [2.24, 2.45) is 62.9 Å². The molecule has 6 saturated carbocycles. The molecule has 0 amide bonds. The summed E-state index contributed by atoms with van der Waals surface area (Å²) in [7, 11) is 3.38. The third-order valence-corrected chi connectivity index (χ3v) is 21.3. The van der Waals surface area contributed by atoms with Crippen LogP contribution in [-0.2, 0) is 43.0 Å². The summed E-state index contributed by atoms with van der Waals surface area (Å²) >= 11 is 0. The van der Waals surface area contributed by atoms with Crippen molar-refractivity contribution in [2.45, 2.75) is 199 Å². The Bertz CT molecular complexity index is 2440. The number of quaternary nitrogens is 1. The fourth-order valence-corrected chi connectivity index (χ4v) is 16.9. The van der Waals surface area contributed by atoms with E-state index in [-0.39, 0.29) is 56.5 Å². The van der Waals surface area contributed by atoms with Gasteiger partial charge >= 0.3 is 11.9 Å². The van der Waals surface area contributed by atoms with Gasteiger partial charge in [-0.15, -0.1) is 0 Å². The predicted molar refractivity (Wildman–Crippen MR) is 290 cm³/mol. The number of allylic oxidation sites excluding steroid dienone is 8. The Labute approximate surface area is 465 Å². The van der Waals surface area contributed by atoms with Crippen LogP contribution in [-0.4, -0.2) is 148 Å². The molecule has 0 aromatic heterocycles. The zero-order valence-corrected chi connectivity index (χ0v) is 47.2. The second kappa shape index (κ2) is 24.1. The molecule has 7 fully saturated rings. The van der Waals surface area contributed by atoms with Gasteiger partial charge in [0, 0.05) is 46.3 Å². The highest BCUT2D eigenvalue weighted by Crippen LogP contribution is 2.72. The number of halogens is 2. The maximum absolute atomic E-state index is 17.2. The van der Waals surface area contributed by atoms with Crippen LogP contribution >= 0.6 is 0 Å². The van der Waals surface area contributed by atoms with Crippen molar-refractivity contribution < 1.29 is 82.6 Å². The molecule has 79 heavy (non-hydrogen) atoms. The maximum atomic E-state index is 17.2. The first-order valence-electron chi connectivity index (χ1n) is 28.7. The Morgan fingerprint density at radius 1 is 0.722 bits per heavy atom. The third-order valence-electron chi connectivity index (χ3n) is 21.3. The van der Waals surface area contributed by atoms with E-state index in [2.05, 4.69) is 5.73 Å². The number of ketones is 4. The molecular formula is C61H93F2N2O14+. The van der Waals surface area contributed by atoms with Crippen LogP contribution in [0.2, 0.25) is 0 Å². The lowest BCUT2D eigenvalue weighted by Gasteiger charge is -2.62. The molecule has 16 nitrogen and oxygen atoms in total. The molecule has 0 aromatic rings. The van der Waals surface area contributed by atoms with E-state index >= 15 is 8.78 Å². The first-order valence-corrected chi connectivity index (χ1v) is 28.7. The number of fused-ring (bicyclic) bond motifs is 10. The number of rotatable bonds is 18. The van der Waals surface area contributed by atoms with Crippen molar-refractivity contribution in [1.29, 1.82) is 0 Å². The van der Waals surface area contributed by atoms with E-state index in [0.29, 0.717) is 88.0 Å². The number of unbranched alkanes of at least 4 members (excludes halogenated alkanes) is 2. The van der Waals surface area contributed by atoms with Crippen molar-refractivity contribution in [3.05, 3.63) is 47.6 Å². The summed E-state index contributed by atoms with van der Waals surface area (Å²) in [6, 6.07) is 0. The molecular weight excluding hydrogens is 1020 g/mol. The van der Waals surface area contributed by atoms with E-state index in [1.54, 1.807) is 53.7 Å². The number of hydrogen-bond acceptors (Lipinski definition) is 15. The summed E-state index contributed by atoms with van der Waals surface area (Å²) in [6.07, 6.45) is 12.8. The molecule has 18 atom stereocenters. The summed E-state index contributed by atoms with van der Waals surface area (Å²) in [5, 5.41) is 58.4. The van der Waals surface area contributed by atoms with Crippen LogP contribution in [0.3, 0.4) is 0 Å². The van der Waals surface area contributed by atoms with Gasteiger partial charge in [-0.2, -0.15) is 0 Å². The van der Waals surface area contributed by atoms with Gasteiger partial charge in [-0.1, -0.05) is 71.3 Å². The number of epoxide rings is 1. The lowest BCUT2D eigenvalue weighted by atomic mass is 9.44. The van der Waals surface area contributed by atoms with Crippen LogP contribution in [0.25, 0.3) is 0 Å². The molecule has 0 spiro atoms. The van der Waals surface area contributed by atoms with Crippen molar-refractivity contribution in [2.75, 3.05) is 40.5 Å². The molecule has 9 aliphatic rings. The summed E-state index contributed by atoms with van der Waals surface area (Å²) < 4.78 is 50.1. The first kappa shape index (κ1) is 64.3. The van der Waals surface area contributed by atoms with Gasteiger partial charge in [0.2, 0.25) is 11.6 Å². The van der Waals surface area contributed by atoms with E-state index in [4.69, 9.17) is 14.2 Å². The van der Waals surface area contributed by atoms with Gasteiger partial charge in [-0.05, 0) is 146 Å². The normalized spacial score (nSPS) is 42.2. The number of aliphatic hydroxyl groups excluding tert-OH is 3. The SMILES string of the molecule is C.CN.C[C@@H]1C[C@H]2[C@@H]3CCC4=CC(=O)C=C[C@]4(C)[C@@]3(F)[C@@H](O)C[C@]2(C)[C@@]1(O)C(=O)COC(=O)CCCCC1CO1.C[NH2+]CC(O)CCCCC(=O)OCC(=O)[C@@]1(O)[C@H](C)C[C@H]2[C@@H]3CCC4=CC(=O)C=C[C@]4(C)[C@@]3(F)[C@@H](O)C[C@@]21C. The van der Waals surface area contributed by atoms with Crippen LogP contribution in [0.1, 0.15) is 152 Å². The second-order valence-corrected chi connectivity index (χ2v) is 25.2. The molecule has 0 radical (unpaired) electrons. The first-order chi connectivity index (χ1) is 36.6. The molecule has 9 N–H and O–H groups in total. The Morgan fingerprint density at radius 3 is 1.52 bits per heavy atom. The van der Waals surface area contributed by atoms with Crippen molar-refractivity contribution in [1.82, 2.24) is 0 Å². The number of Topliss-reactive ketones (excluding diaryl/α,β-unsaturated/α-hetero) is 2. The van der Waals surface area contributed by atoms with Gasteiger partial charge in [0.1, 0.15) is 23.9 Å². The zero-order valence-electron chi connectivity index (χ0n) is 47.2. The zero-order chi connectivity index (χ0) is 57.6. The fourth-order valence-electron chi connectivity index (χ4n) is 16.9. The van der Waals surface area contributed by atoms with E-state index < -0.39 is 123 Å². The van der Waals surface area contributed by atoms with Crippen molar-refractivity contribution in [3.8, 4) is 0 Å². The summed E-state index contributed by atoms with van der Waals surface area (Å²) in [5.41, 5.74) is -6.37. The Balaban J connectivity index is 0.000000245. The van der Waals surface area contributed by atoms with E-state index in [1.807, 2.05) is 12.4 Å². The fraction of sp³-hybridized carbons (Fsp3) is 0.770. The number of carbonyl (C=O) groups is 6. The number of likely N-dealkylation sites (N-methyl/N-ethyl adjacent to an activating group) is 1. The number of nitrogens with two attached hydrogens (primary N) is 2.